The summed E-state index contributed by atoms with van der Waals surface area (Å²) in [6.07, 6.45) is 4.64. The summed E-state index contributed by atoms with van der Waals surface area (Å²) in [5.74, 6) is 0.964. The summed E-state index contributed by atoms with van der Waals surface area (Å²) in [7, 11) is 0. The Bertz CT molecular complexity index is 234. The molecule has 2 heteroatoms. The molecule has 0 radical (unpaired) electrons. The number of ether oxygens (including phenoxy) is 1. The molecule has 0 aromatic heterocycles. The summed E-state index contributed by atoms with van der Waals surface area (Å²) < 4.78 is 5.32. The zero-order chi connectivity index (χ0) is 8.77. The molecule has 2 rings (SSSR count). The van der Waals surface area contributed by atoms with Gasteiger partial charge in [-0.25, -0.2) is 0 Å². The Morgan fingerprint density at radius 1 is 1.75 bits per heavy atom. The van der Waals surface area contributed by atoms with E-state index in [0.29, 0.717) is 18.3 Å². The minimum absolute atomic E-state index is 0.0231. The molecule has 12 heavy (non-hydrogen) atoms. The molecular formula is C10H14O2. The second-order valence-electron chi connectivity index (χ2n) is 4.12. The zero-order valence-electron chi connectivity index (χ0n) is 7.38. The number of hydrogen-bond acceptors (Lipinski definition) is 2. The second-order valence-corrected chi connectivity index (χ2v) is 4.12. The molecule has 1 saturated carbocycles. The molecule has 0 spiro atoms. The number of fused-ring (bicyclic) bond motifs is 1. The van der Waals surface area contributed by atoms with E-state index < -0.39 is 0 Å². The first-order chi connectivity index (χ1) is 5.64. The van der Waals surface area contributed by atoms with E-state index in [1.165, 1.54) is 0 Å². The standard InChI is InChI=1S/C10H14O2/c1-3-7-4-8-5-9(11)12-10(8,2)6-7/h3,7-8H,1,4-6H2,2H3/t7?,8-,10-/m0/s1. The van der Waals surface area contributed by atoms with E-state index >= 15 is 0 Å². The van der Waals surface area contributed by atoms with Gasteiger partial charge < -0.3 is 4.74 Å². The Hall–Kier alpha value is -0.790. The van der Waals surface area contributed by atoms with Crippen LogP contribution in [0.1, 0.15) is 26.2 Å². The molecule has 1 aliphatic heterocycles. The molecule has 1 aliphatic carbocycles. The molecule has 1 unspecified atom stereocenters. The third kappa shape index (κ3) is 0.977. The zero-order valence-corrected chi connectivity index (χ0v) is 7.38. The number of carbonyl (C=O) groups is 1. The van der Waals surface area contributed by atoms with Crippen LogP contribution in [0.25, 0.3) is 0 Å². The lowest BCUT2D eigenvalue weighted by Crippen LogP contribution is -2.26. The van der Waals surface area contributed by atoms with Crippen LogP contribution in [0.15, 0.2) is 12.7 Å². The highest BCUT2D eigenvalue weighted by atomic mass is 16.6. The lowest BCUT2D eigenvalue weighted by molar-refractivity contribution is -0.147. The van der Waals surface area contributed by atoms with Crippen LogP contribution < -0.4 is 0 Å². The van der Waals surface area contributed by atoms with Crippen molar-refractivity contribution in [2.24, 2.45) is 11.8 Å². The summed E-state index contributed by atoms with van der Waals surface area (Å²) in [5, 5.41) is 0. The average molecular weight is 166 g/mol. The third-order valence-corrected chi connectivity index (χ3v) is 3.21. The number of esters is 1. The van der Waals surface area contributed by atoms with E-state index in [1.807, 2.05) is 13.0 Å². The Balaban J connectivity index is 2.16. The SMILES string of the molecule is C=CC1C[C@H]2CC(=O)O[C@@]2(C)C1. The van der Waals surface area contributed by atoms with Gasteiger partial charge in [0.1, 0.15) is 5.60 Å². The van der Waals surface area contributed by atoms with E-state index in [0.717, 1.165) is 12.8 Å². The van der Waals surface area contributed by atoms with Gasteiger partial charge in [0.2, 0.25) is 0 Å². The maximum atomic E-state index is 11.0. The topological polar surface area (TPSA) is 26.3 Å². The van der Waals surface area contributed by atoms with Gasteiger partial charge in [-0.1, -0.05) is 6.08 Å². The molecule has 2 fully saturated rings. The van der Waals surface area contributed by atoms with Crippen molar-refractivity contribution >= 4 is 5.97 Å². The van der Waals surface area contributed by atoms with Crippen LogP contribution in [0, 0.1) is 11.8 Å². The van der Waals surface area contributed by atoms with Gasteiger partial charge in [-0.3, -0.25) is 4.79 Å². The van der Waals surface area contributed by atoms with Crippen LogP contribution in [0.3, 0.4) is 0 Å². The Kier molecular flexibility index (Phi) is 1.53. The van der Waals surface area contributed by atoms with Gasteiger partial charge in [-0.15, -0.1) is 6.58 Å². The molecule has 2 nitrogen and oxygen atoms in total. The molecule has 2 aliphatic rings. The number of rotatable bonds is 1. The summed E-state index contributed by atoms with van der Waals surface area (Å²) >= 11 is 0. The molecule has 66 valence electrons. The summed E-state index contributed by atoms with van der Waals surface area (Å²) in [5.41, 5.74) is -0.171. The number of allylic oxidation sites excluding steroid dienone is 1. The number of hydrogen-bond donors (Lipinski definition) is 0. The van der Waals surface area contributed by atoms with Crippen LogP contribution in [-0.4, -0.2) is 11.6 Å². The van der Waals surface area contributed by atoms with Crippen LogP contribution >= 0.6 is 0 Å². The molecule has 1 heterocycles. The number of carbonyl (C=O) groups excluding carboxylic acids is 1. The highest BCUT2D eigenvalue weighted by Gasteiger charge is 2.51. The predicted octanol–water partition coefficient (Wildman–Crippen LogP) is 1.90. The van der Waals surface area contributed by atoms with Crippen molar-refractivity contribution in [1.29, 1.82) is 0 Å². The Labute approximate surface area is 72.6 Å². The van der Waals surface area contributed by atoms with E-state index in [-0.39, 0.29) is 11.6 Å². The highest BCUT2D eigenvalue weighted by Crippen LogP contribution is 2.48. The lowest BCUT2D eigenvalue weighted by atomic mass is 9.93. The van der Waals surface area contributed by atoms with Crippen molar-refractivity contribution in [3.8, 4) is 0 Å². The van der Waals surface area contributed by atoms with Gasteiger partial charge in [-0.2, -0.15) is 0 Å². The van der Waals surface area contributed by atoms with Crippen LogP contribution in [0.2, 0.25) is 0 Å². The van der Waals surface area contributed by atoms with E-state index in [4.69, 9.17) is 4.74 Å². The molecule has 0 aromatic carbocycles. The monoisotopic (exact) mass is 166 g/mol. The van der Waals surface area contributed by atoms with E-state index in [1.54, 1.807) is 0 Å². The van der Waals surface area contributed by atoms with Crippen molar-refractivity contribution in [2.75, 3.05) is 0 Å². The molecule has 0 amide bonds. The van der Waals surface area contributed by atoms with Gasteiger partial charge in [0, 0.05) is 5.92 Å². The maximum Gasteiger partial charge on any atom is 0.306 e. The van der Waals surface area contributed by atoms with Crippen molar-refractivity contribution in [1.82, 2.24) is 0 Å². The predicted molar refractivity (Wildman–Crippen MR) is 45.5 cm³/mol. The van der Waals surface area contributed by atoms with Crippen molar-refractivity contribution in [3.05, 3.63) is 12.7 Å². The summed E-state index contributed by atoms with van der Waals surface area (Å²) in [4.78, 5) is 11.0. The first-order valence-electron chi connectivity index (χ1n) is 4.48. The molecule has 3 atom stereocenters. The fourth-order valence-corrected chi connectivity index (χ4v) is 2.49. The van der Waals surface area contributed by atoms with Gasteiger partial charge in [-0.05, 0) is 25.7 Å². The Morgan fingerprint density at radius 3 is 3.08 bits per heavy atom. The molecule has 0 aromatic rings. The van der Waals surface area contributed by atoms with Gasteiger partial charge in [0.15, 0.2) is 0 Å². The summed E-state index contributed by atoms with van der Waals surface area (Å²) in [6.45, 7) is 5.83. The minimum Gasteiger partial charge on any atom is -0.459 e. The fraction of sp³-hybridized carbons (Fsp3) is 0.700. The van der Waals surface area contributed by atoms with Crippen LogP contribution in [0.5, 0.6) is 0 Å². The lowest BCUT2D eigenvalue weighted by Gasteiger charge is -2.21. The largest absolute Gasteiger partial charge is 0.459 e. The minimum atomic E-state index is -0.171. The van der Waals surface area contributed by atoms with Gasteiger partial charge in [0.05, 0.1) is 6.42 Å². The molecule has 1 saturated heterocycles. The normalized spacial score (nSPS) is 45.6. The maximum absolute atomic E-state index is 11.0. The first-order valence-corrected chi connectivity index (χ1v) is 4.48. The van der Waals surface area contributed by atoms with Gasteiger partial charge in [0.25, 0.3) is 0 Å². The third-order valence-electron chi connectivity index (χ3n) is 3.21. The smallest absolute Gasteiger partial charge is 0.306 e. The Morgan fingerprint density at radius 2 is 2.50 bits per heavy atom. The van der Waals surface area contributed by atoms with Gasteiger partial charge >= 0.3 is 5.97 Å². The van der Waals surface area contributed by atoms with Crippen molar-refractivity contribution in [2.45, 2.75) is 31.8 Å². The van der Waals surface area contributed by atoms with Crippen LogP contribution in [0.4, 0.5) is 0 Å². The van der Waals surface area contributed by atoms with E-state index in [2.05, 4.69) is 6.58 Å². The van der Waals surface area contributed by atoms with E-state index in [9.17, 15) is 4.79 Å². The van der Waals surface area contributed by atoms with Crippen molar-refractivity contribution in [3.63, 3.8) is 0 Å². The first kappa shape index (κ1) is 7.84. The molecular weight excluding hydrogens is 152 g/mol. The quantitative estimate of drug-likeness (QED) is 0.439. The molecule has 0 bridgehead atoms. The average Bonchev–Trinajstić information content (AvgIpc) is 2.38. The fourth-order valence-electron chi connectivity index (χ4n) is 2.49. The van der Waals surface area contributed by atoms with Crippen molar-refractivity contribution < 1.29 is 9.53 Å². The summed E-state index contributed by atoms with van der Waals surface area (Å²) in [6, 6.07) is 0. The second kappa shape index (κ2) is 2.35. The molecule has 0 N–H and O–H groups in total. The van der Waals surface area contributed by atoms with Crippen LogP contribution in [-0.2, 0) is 9.53 Å². The highest BCUT2D eigenvalue weighted by molar-refractivity contribution is 5.73.